The lowest BCUT2D eigenvalue weighted by molar-refractivity contribution is 0.410. The minimum atomic E-state index is 0.587. The van der Waals surface area contributed by atoms with E-state index in [-0.39, 0.29) is 0 Å². The lowest BCUT2D eigenvalue weighted by Gasteiger charge is -2.24. The van der Waals surface area contributed by atoms with Crippen molar-refractivity contribution >= 4 is 11.8 Å². The molecule has 0 saturated carbocycles. The average molecular weight is 265 g/mol. The monoisotopic (exact) mass is 265 g/mol. The Hall–Kier alpha value is -0.470. The molecule has 0 amide bonds. The van der Waals surface area contributed by atoms with Crippen LogP contribution in [-0.4, -0.2) is 24.6 Å². The molecule has 0 aliphatic heterocycles. The molecule has 18 heavy (non-hydrogen) atoms. The van der Waals surface area contributed by atoms with Crippen molar-refractivity contribution in [2.75, 3.05) is 18.6 Å². The maximum absolute atomic E-state index is 3.64. The Kier molecular flexibility index (Phi) is 6.80. The van der Waals surface area contributed by atoms with Gasteiger partial charge in [-0.1, -0.05) is 43.2 Å². The van der Waals surface area contributed by atoms with Crippen molar-refractivity contribution in [3.63, 3.8) is 0 Å². The Balaban J connectivity index is 2.75. The third-order valence-electron chi connectivity index (χ3n) is 3.32. The highest BCUT2D eigenvalue weighted by molar-refractivity contribution is 7.98. The molecule has 2 unspecified atom stereocenters. The molecule has 0 saturated heterocycles. The molecule has 0 spiro atoms. The van der Waals surface area contributed by atoms with E-state index in [9.17, 15) is 0 Å². The minimum absolute atomic E-state index is 0.587. The number of thioether (sulfide) groups is 1. The molecule has 1 N–H and O–H groups in total. The molecule has 1 nitrogen and oxygen atoms in total. The molecule has 0 bridgehead atoms. The predicted octanol–water partition coefficient (Wildman–Crippen LogP) is 3.82. The van der Waals surface area contributed by atoms with Gasteiger partial charge in [0.25, 0.3) is 0 Å². The second-order valence-corrected chi connectivity index (χ2v) is 6.21. The van der Waals surface area contributed by atoms with Crippen LogP contribution in [0, 0.1) is 19.8 Å². The summed E-state index contributed by atoms with van der Waals surface area (Å²) >= 11 is 1.94. The van der Waals surface area contributed by atoms with Crippen LogP contribution in [0.1, 0.15) is 30.5 Å². The van der Waals surface area contributed by atoms with E-state index >= 15 is 0 Å². The van der Waals surface area contributed by atoms with Gasteiger partial charge in [0.05, 0.1) is 0 Å². The predicted molar refractivity (Wildman–Crippen MR) is 84.6 cm³/mol. The molecule has 1 aromatic carbocycles. The van der Waals surface area contributed by atoms with Gasteiger partial charge in [-0.05, 0) is 50.3 Å². The Morgan fingerprint density at radius 1 is 1.17 bits per heavy atom. The van der Waals surface area contributed by atoms with Gasteiger partial charge in [0.15, 0.2) is 0 Å². The fourth-order valence-electron chi connectivity index (χ4n) is 2.56. The van der Waals surface area contributed by atoms with Gasteiger partial charge in [-0.3, -0.25) is 0 Å². The van der Waals surface area contributed by atoms with Gasteiger partial charge in [-0.25, -0.2) is 0 Å². The molecule has 102 valence electrons. The van der Waals surface area contributed by atoms with Gasteiger partial charge in [0.2, 0.25) is 0 Å². The van der Waals surface area contributed by atoms with Crippen LogP contribution in [-0.2, 0) is 6.42 Å². The van der Waals surface area contributed by atoms with Crippen LogP contribution in [0.4, 0.5) is 0 Å². The van der Waals surface area contributed by atoms with E-state index in [1.807, 2.05) is 11.8 Å². The molecule has 1 rings (SSSR count). The smallest absolute Gasteiger partial charge is 0.0141 e. The summed E-state index contributed by atoms with van der Waals surface area (Å²) in [6.45, 7) is 9.97. The molecule has 0 aliphatic carbocycles. The van der Waals surface area contributed by atoms with Gasteiger partial charge in [-0.2, -0.15) is 11.8 Å². The van der Waals surface area contributed by atoms with Crippen LogP contribution < -0.4 is 5.32 Å². The van der Waals surface area contributed by atoms with Gasteiger partial charge in [0, 0.05) is 6.04 Å². The first-order valence-corrected chi connectivity index (χ1v) is 8.25. The summed E-state index contributed by atoms with van der Waals surface area (Å²) in [6.07, 6.45) is 3.33. The van der Waals surface area contributed by atoms with E-state index < -0.39 is 0 Å². The van der Waals surface area contributed by atoms with Crippen molar-refractivity contribution in [3.8, 4) is 0 Å². The van der Waals surface area contributed by atoms with E-state index in [4.69, 9.17) is 0 Å². The summed E-state index contributed by atoms with van der Waals surface area (Å²) < 4.78 is 0. The number of benzene rings is 1. The summed E-state index contributed by atoms with van der Waals surface area (Å²) in [5.41, 5.74) is 4.21. The number of rotatable bonds is 7. The molecule has 0 fully saturated rings. The highest BCUT2D eigenvalue weighted by Gasteiger charge is 2.16. The van der Waals surface area contributed by atoms with Gasteiger partial charge in [0.1, 0.15) is 0 Å². The van der Waals surface area contributed by atoms with Crippen molar-refractivity contribution in [1.29, 1.82) is 0 Å². The standard InChI is InChI=1S/C16H27NS/c1-6-17-16(14(4)11-18-5)10-15-8-12(2)7-13(3)9-15/h7-9,14,16-17H,6,10-11H2,1-5H3. The molecule has 0 heterocycles. The largest absolute Gasteiger partial charge is 0.314 e. The first-order chi connectivity index (χ1) is 8.56. The number of likely N-dealkylation sites (N-methyl/N-ethyl adjacent to an activating group) is 1. The van der Waals surface area contributed by atoms with E-state index in [0.29, 0.717) is 12.0 Å². The molecular formula is C16H27NS. The van der Waals surface area contributed by atoms with E-state index in [2.05, 4.69) is 57.5 Å². The van der Waals surface area contributed by atoms with E-state index in [1.54, 1.807) is 0 Å². The van der Waals surface area contributed by atoms with Crippen molar-refractivity contribution < 1.29 is 0 Å². The van der Waals surface area contributed by atoms with Crippen LogP contribution >= 0.6 is 11.8 Å². The molecular weight excluding hydrogens is 238 g/mol. The Morgan fingerprint density at radius 2 is 1.78 bits per heavy atom. The molecule has 2 atom stereocenters. The van der Waals surface area contributed by atoms with Crippen LogP contribution in [0.25, 0.3) is 0 Å². The zero-order valence-electron chi connectivity index (χ0n) is 12.4. The second kappa shape index (κ2) is 7.85. The number of hydrogen-bond donors (Lipinski definition) is 1. The summed E-state index contributed by atoms with van der Waals surface area (Å²) in [5, 5.41) is 3.64. The summed E-state index contributed by atoms with van der Waals surface area (Å²) in [4.78, 5) is 0. The first kappa shape index (κ1) is 15.6. The SMILES string of the molecule is CCNC(Cc1cc(C)cc(C)c1)C(C)CSC. The molecule has 0 aromatic heterocycles. The van der Waals surface area contributed by atoms with Crippen molar-refractivity contribution in [1.82, 2.24) is 5.32 Å². The molecule has 0 aliphatic rings. The highest BCUT2D eigenvalue weighted by Crippen LogP contribution is 2.17. The number of aryl methyl sites for hydroxylation is 2. The number of hydrogen-bond acceptors (Lipinski definition) is 2. The van der Waals surface area contributed by atoms with Crippen molar-refractivity contribution in [3.05, 3.63) is 34.9 Å². The van der Waals surface area contributed by atoms with Crippen LogP contribution in [0.3, 0.4) is 0 Å². The lowest BCUT2D eigenvalue weighted by atomic mass is 9.94. The maximum Gasteiger partial charge on any atom is 0.0141 e. The van der Waals surface area contributed by atoms with Crippen LogP contribution in [0.15, 0.2) is 18.2 Å². The van der Waals surface area contributed by atoms with Gasteiger partial charge < -0.3 is 5.32 Å². The second-order valence-electron chi connectivity index (χ2n) is 5.30. The summed E-state index contributed by atoms with van der Waals surface area (Å²) in [7, 11) is 0. The summed E-state index contributed by atoms with van der Waals surface area (Å²) in [6, 6.07) is 7.48. The average Bonchev–Trinajstić information content (AvgIpc) is 2.27. The maximum atomic E-state index is 3.64. The van der Waals surface area contributed by atoms with Crippen LogP contribution in [0.2, 0.25) is 0 Å². The summed E-state index contributed by atoms with van der Waals surface area (Å²) in [5.74, 6) is 1.93. The Labute approximate surface area is 117 Å². The normalized spacial score (nSPS) is 14.5. The zero-order chi connectivity index (χ0) is 13.5. The van der Waals surface area contributed by atoms with Gasteiger partial charge >= 0.3 is 0 Å². The molecule has 0 radical (unpaired) electrons. The third-order valence-corrected chi connectivity index (χ3v) is 4.18. The fourth-order valence-corrected chi connectivity index (χ4v) is 3.31. The van der Waals surface area contributed by atoms with Crippen molar-refractivity contribution in [2.45, 2.75) is 40.2 Å². The fraction of sp³-hybridized carbons (Fsp3) is 0.625. The minimum Gasteiger partial charge on any atom is -0.314 e. The van der Waals surface area contributed by atoms with Gasteiger partial charge in [-0.15, -0.1) is 0 Å². The third kappa shape index (κ3) is 5.03. The van der Waals surface area contributed by atoms with E-state index in [1.165, 1.54) is 22.4 Å². The molecule has 1 aromatic rings. The quantitative estimate of drug-likeness (QED) is 0.804. The lowest BCUT2D eigenvalue weighted by Crippen LogP contribution is -2.37. The van der Waals surface area contributed by atoms with Crippen molar-refractivity contribution in [2.24, 2.45) is 5.92 Å². The van der Waals surface area contributed by atoms with E-state index in [0.717, 1.165) is 13.0 Å². The number of nitrogens with one attached hydrogen (secondary N) is 1. The zero-order valence-corrected chi connectivity index (χ0v) is 13.2. The Morgan fingerprint density at radius 3 is 2.28 bits per heavy atom. The Bertz CT molecular complexity index is 342. The molecule has 2 heteroatoms. The highest BCUT2D eigenvalue weighted by atomic mass is 32.2. The van der Waals surface area contributed by atoms with Crippen LogP contribution in [0.5, 0.6) is 0 Å². The first-order valence-electron chi connectivity index (χ1n) is 6.86. The topological polar surface area (TPSA) is 12.0 Å².